The maximum atomic E-state index is 11.6. The smallest absolute Gasteiger partial charge is 0.219 e. The second kappa shape index (κ2) is 7.40. The van der Waals surface area contributed by atoms with Gasteiger partial charge in [0.1, 0.15) is 0 Å². The average Bonchev–Trinajstić information content (AvgIpc) is 2.39. The van der Waals surface area contributed by atoms with Gasteiger partial charge in [0.2, 0.25) is 15.9 Å². The third kappa shape index (κ3) is 5.71. The van der Waals surface area contributed by atoms with E-state index in [1.807, 2.05) is 31.2 Å². The van der Waals surface area contributed by atoms with Crippen LogP contribution >= 0.6 is 0 Å². The quantitative estimate of drug-likeness (QED) is 0.824. The average molecular weight is 298 g/mol. The third-order valence-electron chi connectivity index (χ3n) is 3.02. The molecule has 20 heavy (non-hydrogen) atoms. The highest BCUT2D eigenvalue weighted by molar-refractivity contribution is 7.89. The Hall–Kier alpha value is -1.40. The van der Waals surface area contributed by atoms with Crippen molar-refractivity contribution in [2.24, 2.45) is 0 Å². The van der Waals surface area contributed by atoms with Crippen molar-refractivity contribution >= 4 is 15.9 Å². The third-order valence-corrected chi connectivity index (χ3v) is 4.43. The Balaban J connectivity index is 2.57. The van der Waals surface area contributed by atoms with Crippen LogP contribution in [-0.2, 0) is 21.4 Å². The molecule has 0 aliphatic heterocycles. The molecule has 0 aliphatic rings. The molecular weight excluding hydrogens is 276 g/mol. The second-order valence-electron chi connectivity index (χ2n) is 4.72. The lowest BCUT2D eigenvalue weighted by atomic mass is 10.1. The summed E-state index contributed by atoms with van der Waals surface area (Å²) in [5, 5.41) is 0. The Kier molecular flexibility index (Phi) is 6.16. The SMILES string of the molecule is CCS(=O)(=O)NCCN(Cc1ccc(C)cc1)C(C)=O. The van der Waals surface area contributed by atoms with E-state index in [1.165, 1.54) is 12.5 Å². The molecule has 0 saturated carbocycles. The molecule has 1 N–H and O–H groups in total. The molecule has 0 saturated heterocycles. The molecule has 6 heteroatoms. The topological polar surface area (TPSA) is 66.5 Å². The second-order valence-corrected chi connectivity index (χ2v) is 6.82. The molecule has 5 nitrogen and oxygen atoms in total. The van der Waals surface area contributed by atoms with Crippen LogP contribution in [0.5, 0.6) is 0 Å². The van der Waals surface area contributed by atoms with Gasteiger partial charge in [0.15, 0.2) is 0 Å². The minimum absolute atomic E-state index is 0.0467. The van der Waals surface area contributed by atoms with E-state index < -0.39 is 10.0 Å². The largest absolute Gasteiger partial charge is 0.337 e. The fraction of sp³-hybridized carbons (Fsp3) is 0.500. The van der Waals surface area contributed by atoms with Crippen molar-refractivity contribution in [3.63, 3.8) is 0 Å². The van der Waals surface area contributed by atoms with Crippen LogP contribution in [0.25, 0.3) is 0 Å². The molecule has 112 valence electrons. The van der Waals surface area contributed by atoms with Crippen LogP contribution in [0.3, 0.4) is 0 Å². The minimum atomic E-state index is -3.21. The molecule has 0 radical (unpaired) electrons. The van der Waals surface area contributed by atoms with Crippen molar-refractivity contribution in [3.05, 3.63) is 35.4 Å². The standard InChI is InChI=1S/C14H22N2O3S/c1-4-20(18,19)15-9-10-16(13(3)17)11-14-7-5-12(2)6-8-14/h5-8,15H,4,9-11H2,1-3H3. The van der Waals surface area contributed by atoms with Gasteiger partial charge in [-0.3, -0.25) is 4.79 Å². The van der Waals surface area contributed by atoms with E-state index in [9.17, 15) is 13.2 Å². The molecule has 0 unspecified atom stereocenters. The first-order valence-electron chi connectivity index (χ1n) is 6.62. The Bertz CT molecular complexity index is 538. The van der Waals surface area contributed by atoms with E-state index >= 15 is 0 Å². The Morgan fingerprint density at radius 3 is 2.35 bits per heavy atom. The zero-order chi connectivity index (χ0) is 15.2. The summed E-state index contributed by atoms with van der Waals surface area (Å²) in [5.74, 6) is -0.0216. The predicted molar refractivity (Wildman–Crippen MR) is 79.7 cm³/mol. The molecule has 0 aliphatic carbocycles. The number of nitrogens with zero attached hydrogens (tertiary/aromatic N) is 1. The van der Waals surface area contributed by atoms with E-state index in [0.717, 1.165) is 5.56 Å². The van der Waals surface area contributed by atoms with E-state index in [2.05, 4.69) is 4.72 Å². The molecule has 0 fully saturated rings. The van der Waals surface area contributed by atoms with Gasteiger partial charge >= 0.3 is 0 Å². The monoisotopic (exact) mass is 298 g/mol. The molecule has 1 aromatic rings. The van der Waals surface area contributed by atoms with Gasteiger partial charge in [-0.15, -0.1) is 0 Å². The first-order valence-corrected chi connectivity index (χ1v) is 8.27. The summed E-state index contributed by atoms with van der Waals surface area (Å²) in [5.41, 5.74) is 2.20. The number of benzene rings is 1. The van der Waals surface area contributed by atoms with E-state index in [0.29, 0.717) is 13.1 Å². The number of amides is 1. The van der Waals surface area contributed by atoms with Gasteiger partial charge in [0.25, 0.3) is 0 Å². The van der Waals surface area contributed by atoms with Crippen LogP contribution in [0.2, 0.25) is 0 Å². The normalized spacial score (nSPS) is 11.3. The molecule has 0 atom stereocenters. The molecule has 0 heterocycles. The molecule has 0 aromatic heterocycles. The summed E-state index contributed by atoms with van der Waals surface area (Å²) in [4.78, 5) is 13.2. The fourth-order valence-electron chi connectivity index (χ4n) is 1.70. The number of hydrogen-bond donors (Lipinski definition) is 1. The van der Waals surface area contributed by atoms with Crippen molar-refractivity contribution in [3.8, 4) is 0 Å². The summed E-state index contributed by atoms with van der Waals surface area (Å²) >= 11 is 0. The Morgan fingerprint density at radius 2 is 1.85 bits per heavy atom. The fourth-order valence-corrected chi connectivity index (χ4v) is 2.31. The van der Waals surface area contributed by atoms with Gasteiger partial charge < -0.3 is 4.90 Å². The number of hydrogen-bond acceptors (Lipinski definition) is 3. The van der Waals surface area contributed by atoms with Crippen molar-refractivity contribution in [2.45, 2.75) is 27.3 Å². The molecule has 1 aromatic carbocycles. The van der Waals surface area contributed by atoms with Crippen molar-refractivity contribution in [1.82, 2.24) is 9.62 Å². The number of carbonyl (C=O) groups is 1. The summed E-state index contributed by atoms with van der Waals surface area (Å²) in [6.07, 6.45) is 0. The van der Waals surface area contributed by atoms with Crippen LogP contribution in [-0.4, -0.2) is 38.1 Å². The highest BCUT2D eigenvalue weighted by Gasteiger charge is 2.11. The van der Waals surface area contributed by atoms with Gasteiger partial charge in [-0.25, -0.2) is 13.1 Å². The van der Waals surface area contributed by atoms with Crippen LogP contribution in [0.1, 0.15) is 25.0 Å². The molecular formula is C14H22N2O3S. The van der Waals surface area contributed by atoms with Crippen molar-refractivity contribution < 1.29 is 13.2 Å². The molecule has 1 amide bonds. The zero-order valence-corrected chi connectivity index (χ0v) is 13.0. The van der Waals surface area contributed by atoms with Gasteiger partial charge in [-0.1, -0.05) is 29.8 Å². The number of carbonyl (C=O) groups excluding carboxylic acids is 1. The minimum Gasteiger partial charge on any atom is -0.337 e. The maximum absolute atomic E-state index is 11.6. The molecule has 1 rings (SSSR count). The molecule has 0 spiro atoms. The van der Waals surface area contributed by atoms with E-state index in [4.69, 9.17) is 0 Å². The lowest BCUT2D eigenvalue weighted by Gasteiger charge is -2.21. The van der Waals surface area contributed by atoms with E-state index in [-0.39, 0.29) is 18.2 Å². The van der Waals surface area contributed by atoms with Gasteiger partial charge in [-0.2, -0.15) is 0 Å². The predicted octanol–water partition coefficient (Wildman–Crippen LogP) is 1.28. The number of nitrogens with one attached hydrogen (secondary N) is 1. The van der Waals surface area contributed by atoms with Crippen molar-refractivity contribution in [1.29, 1.82) is 0 Å². The Morgan fingerprint density at radius 1 is 1.25 bits per heavy atom. The van der Waals surface area contributed by atoms with Gasteiger partial charge in [-0.05, 0) is 19.4 Å². The first-order chi connectivity index (χ1) is 9.34. The number of rotatable bonds is 7. The van der Waals surface area contributed by atoms with Gasteiger partial charge in [0, 0.05) is 26.6 Å². The van der Waals surface area contributed by atoms with Crippen LogP contribution in [0.15, 0.2) is 24.3 Å². The number of aryl methyl sites for hydroxylation is 1. The summed E-state index contributed by atoms with van der Waals surface area (Å²) in [6.45, 7) is 6.17. The zero-order valence-electron chi connectivity index (χ0n) is 12.2. The summed E-state index contributed by atoms with van der Waals surface area (Å²) in [7, 11) is -3.21. The highest BCUT2D eigenvalue weighted by atomic mass is 32.2. The maximum Gasteiger partial charge on any atom is 0.219 e. The summed E-state index contributed by atoms with van der Waals surface area (Å²) in [6, 6.07) is 7.93. The lowest BCUT2D eigenvalue weighted by Crippen LogP contribution is -2.37. The first kappa shape index (κ1) is 16.7. The highest BCUT2D eigenvalue weighted by Crippen LogP contribution is 2.07. The summed E-state index contributed by atoms with van der Waals surface area (Å²) < 4.78 is 25.1. The lowest BCUT2D eigenvalue weighted by molar-refractivity contribution is -0.129. The van der Waals surface area contributed by atoms with Crippen LogP contribution in [0.4, 0.5) is 0 Å². The molecule has 0 bridgehead atoms. The number of sulfonamides is 1. The van der Waals surface area contributed by atoms with E-state index in [1.54, 1.807) is 11.8 Å². The van der Waals surface area contributed by atoms with Gasteiger partial charge in [0.05, 0.1) is 5.75 Å². The van der Waals surface area contributed by atoms with Crippen LogP contribution in [0, 0.1) is 6.92 Å². The van der Waals surface area contributed by atoms with Crippen LogP contribution < -0.4 is 4.72 Å². The van der Waals surface area contributed by atoms with Crippen molar-refractivity contribution in [2.75, 3.05) is 18.8 Å². The Labute approximate surface area is 121 Å².